The van der Waals surface area contributed by atoms with E-state index in [0.29, 0.717) is 19.4 Å². The summed E-state index contributed by atoms with van der Waals surface area (Å²) < 4.78 is 13.3. The largest absolute Gasteiger partial charge is 0.354 e. The number of aromatic nitrogens is 2. The van der Waals surface area contributed by atoms with Gasteiger partial charge in [-0.2, -0.15) is 0 Å². The number of hydrogen-bond donors (Lipinski definition) is 3. The number of nitrogens with zero attached hydrogens (tertiary/aromatic N) is 1. The first-order valence-electron chi connectivity index (χ1n) is 9.56. The highest BCUT2D eigenvalue weighted by Crippen LogP contribution is 2.29. The van der Waals surface area contributed by atoms with Gasteiger partial charge >= 0.3 is 0 Å². The molecule has 29 heavy (non-hydrogen) atoms. The van der Waals surface area contributed by atoms with Crippen molar-refractivity contribution in [1.29, 1.82) is 0 Å². The molecule has 3 aromatic rings. The number of hydrogen-bond acceptors (Lipinski definition) is 3. The molecule has 1 unspecified atom stereocenters. The van der Waals surface area contributed by atoms with Gasteiger partial charge in [0.2, 0.25) is 11.8 Å². The van der Waals surface area contributed by atoms with Crippen molar-refractivity contribution in [2.75, 3.05) is 6.54 Å². The zero-order valence-corrected chi connectivity index (χ0v) is 15.7. The third-order valence-corrected chi connectivity index (χ3v) is 4.98. The monoisotopic (exact) mass is 392 g/mol. The van der Waals surface area contributed by atoms with E-state index in [0.717, 1.165) is 28.2 Å². The lowest BCUT2D eigenvalue weighted by atomic mass is 10.0. The first-order chi connectivity index (χ1) is 14.1. The summed E-state index contributed by atoms with van der Waals surface area (Å²) in [4.78, 5) is 31.7. The summed E-state index contributed by atoms with van der Waals surface area (Å²) in [5, 5.41) is 5.49. The number of benzene rings is 1. The fourth-order valence-electron chi connectivity index (χ4n) is 3.48. The predicted octanol–water partition coefficient (Wildman–Crippen LogP) is 2.82. The van der Waals surface area contributed by atoms with E-state index in [-0.39, 0.29) is 24.1 Å². The minimum absolute atomic E-state index is 0.135. The Hall–Kier alpha value is -3.48. The van der Waals surface area contributed by atoms with Gasteiger partial charge in [0.25, 0.3) is 0 Å². The molecule has 1 atom stereocenters. The standard InChI is InChI=1S/C22H21FN4O2/c23-16-7-4-14(5-8-16)21-15(13-19(27-21)17-3-1-2-11-24-17)6-9-20(28)26-18-10-12-25-22(18)29/h1-5,7-8,11,13,18,27H,6,9-10,12H2,(H,25,29)(H,26,28). The summed E-state index contributed by atoms with van der Waals surface area (Å²) in [6.45, 7) is 0.587. The number of rotatable bonds is 6. The maximum atomic E-state index is 13.3. The number of carbonyl (C=O) groups excluding carboxylic acids is 2. The van der Waals surface area contributed by atoms with Crippen LogP contribution in [0.25, 0.3) is 22.6 Å². The SMILES string of the molecule is O=C(CCc1cc(-c2ccccn2)[nH]c1-c1ccc(F)cc1)NC1CCNC1=O. The highest BCUT2D eigenvalue weighted by Gasteiger charge is 2.25. The van der Waals surface area contributed by atoms with Crippen LogP contribution in [0.5, 0.6) is 0 Å². The third-order valence-electron chi connectivity index (χ3n) is 4.98. The molecule has 6 nitrogen and oxygen atoms in total. The lowest BCUT2D eigenvalue weighted by molar-refractivity contribution is -0.127. The van der Waals surface area contributed by atoms with Gasteiger partial charge in [0.05, 0.1) is 11.4 Å². The van der Waals surface area contributed by atoms with Crippen LogP contribution in [0.3, 0.4) is 0 Å². The Morgan fingerprint density at radius 3 is 2.72 bits per heavy atom. The number of aromatic amines is 1. The summed E-state index contributed by atoms with van der Waals surface area (Å²) in [5.41, 5.74) is 4.21. The predicted molar refractivity (Wildman–Crippen MR) is 107 cm³/mol. The van der Waals surface area contributed by atoms with Crippen LogP contribution in [-0.2, 0) is 16.0 Å². The van der Waals surface area contributed by atoms with E-state index >= 15 is 0 Å². The quantitative estimate of drug-likeness (QED) is 0.603. The molecule has 1 aromatic carbocycles. The second-order valence-electron chi connectivity index (χ2n) is 7.00. The van der Waals surface area contributed by atoms with Gasteiger partial charge in [0, 0.05) is 24.9 Å². The van der Waals surface area contributed by atoms with Gasteiger partial charge < -0.3 is 15.6 Å². The molecule has 1 fully saturated rings. The minimum atomic E-state index is -0.450. The van der Waals surface area contributed by atoms with Crippen molar-refractivity contribution in [2.45, 2.75) is 25.3 Å². The molecule has 0 bridgehead atoms. The van der Waals surface area contributed by atoms with Crippen LogP contribution >= 0.6 is 0 Å². The molecule has 3 N–H and O–H groups in total. The molecule has 0 aliphatic carbocycles. The van der Waals surface area contributed by atoms with E-state index in [1.165, 1.54) is 12.1 Å². The average Bonchev–Trinajstić information content (AvgIpc) is 3.34. The first-order valence-corrected chi connectivity index (χ1v) is 9.56. The van der Waals surface area contributed by atoms with Crippen LogP contribution < -0.4 is 10.6 Å². The summed E-state index contributed by atoms with van der Waals surface area (Å²) in [7, 11) is 0. The molecular weight excluding hydrogens is 371 g/mol. The number of aryl methyl sites for hydroxylation is 1. The van der Waals surface area contributed by atoms with Gasteiger partial charge in [-0.15, -0.1) is 0 Å². The molecule has 0 saturated carbocycles. The first kappa shape index (κ1) is 18.9. The molecule has 1 aliphatic rings. The smallest absolute Gasteiger partial charge is 0.242 e. The number of halogens is 1. The number of pyridine rings is 1. The van der Waals surface area contributed by atoms with Crippen molar-refractivity contribution in [3.05, 3.63) is 66.1 Å². The van der Waals surface area contributed by atoms with Crippen molar-refractivity contribution in [1.82, 2.24) is 20.6 Å². The molecule has 148 valence electrons. The summed E-state index contributed by atoms with van der Waals surface area (Å²) in [5.74, 6) is -0.608. The van der Waals surface area contributed by atoms with Gasteiger partial charge in [-0.05, 0) is 66.4 Å². The van der Waals surface area contributed by atoms with Crippen molar-refractivity contribution >= 4 is 11.8 Å². The number of H-pyrrole nitrogens is 1. The van der Waals surface area contributed by atoms with Crippen LogP contribution in [0.2, 0.25) is 0 Å². The number of amides is 2. The van der Waals surface area contributed by atoms with Crippen LogP contribution in [0.15, 0.2) is 54.7 Å². The van der Waals surface area contributed by atoms with Crippen LogP contribution in [-0.4, -0.2) is 34.4 Å². The fraction of sp³-hybridized carbons (Fsp3) is 0.227. The normalized spacial score (nSPS) is 15.9. The molecule has 1 saturated heterocycles. The van der Waals surface area contributed by atoms with Gasteiger partial charge in [-0.1, -0.05) is 6.07 Å². The van der Waals surface area contributed by atoms with Gasteiger partial charge in [-0.3, -0.25) is 14.6 Å². The molecule has 3 heterocycles. The van der Waals surface area contributed by atoms with Crippen molar-refractivity contribution in [2.24, 2.45) is 0 Å². The summed E-state index contributed by atoms with van der Waals surface area (Å²) in [6.07, 6.45) is 3.06. The minimum Gasteiger partial charge on any atom is -0.354 e. The molecular formula is C22H21FN4O2. The van der Waals surface area contributed by atoms with Crippen LogP contribution in [0.1, 0.15) is 18.4 Å². The molecule has 1 aliphatic heterocycles. The van der Waals surface area contributed by atoms with Crippen molar-refractivity contribution < 1.29 is 14.0 Å². The average molecular weight is 392 g/mol. The van der Waals surface area contributed by atoms with Crippen LogP contribution in [0.4, 0.5) is 4.39 Å². The van der Waals surface area contributed by atoms with E-state index in [1.54, 1.807) is 18.3 Å². The van der Waals surface area contributed by atoms with Crippen LogP contribution in [0, 0.1) is 5.82 Å². The van der Waals surface area contributed by atoms with E-state index in [9.17, 15) is 14.0 Å². The molecule has 2 aromatic heterocycles. The zero-order valence-electron chi connectivity index (χ0n) is 15.7. The lowest BCUT2D eigenvalue weighted by Crippen LogP contribution is -2.40. The van der Waals surface area contributed by atoms with Gasteiger partial charge in [0.15, 0.2) is 0 Å². The molecule has 0 spiro atoms. The molecule has 4 rings (SSSR count). The highest BCUT2D eigenvalue weighted by atomic mass is 19.1. The summed E-state index contributed by atoms with van der Waals surface area (Å²) >= 11 is 0. The Balaban J connectivity index is 1.55. The number of nitrogens with one attached hydrogen (secondary N) is 3. The topological polar surface area (TPSA) is 86.9 Å². The lowest BCUT2D eigenvalue weighted by Gasteiger charge is -2.10. The van der Waals surface area contributed by atoms with Gasteiger partial charge in [-0.25, -0.2) is 4.39 Å². The number of carbonyl (C=O) groups is 2. The second-order valence-corrected chi connectivity index (χ2v) is 7.00. The van der Waals surface area contributed by atoms with E-state index in [2.05, 4.69) is 20.6 Å². The Morgan fingerprint density at radius 1 is 1.21 bits per heavy atom. The van der Waals surface area contributed by atoms with Crippen molar-refractivity contribution in [3.63, 3.8) is 0 Å². The van der Waals surface area contributed by atoms with E-state index in [1.807, 2.05) is 24.3 Å². The molecule has 7 heteroatoms. The Morgan fingerprint density at radius 2 is 2.03 bits per heavy atom. The Labute approximate surface area is 167 Å². The Bertz CT molecular complexity index is 1020. The molecule has 0 radical (unpaired) electrons. The summed E-state index contributed by atoms with van der Waals surface area (Å²) in [6, 6.07) is 13.4. The Kier molecular flexibility index (Phi) is 5.37. The third kappa shape index (κ3) is 4.34. The maximum Gasteiger partial charge on any atom is 0.242 e. The fourth-order valence-corrected chi connectivity index (χ4v) is 3.48. The highest BCUT2D eigenvalue weighted by molar-refractivity contribution is 5.89. The second kappa shape index (κ2) is 8.26. The molecule has 2 amide bonds. The van der Waals surface area contributed by atoms with E-state index in [4.69, 9.17) is 0 Å². The van der Waals surface area contributed by atoms with Crippen molar-refractivity contribution in [3.8, 4) is 22.6 Å². The van der Waals surface area contributed by atoms with Gasteiger partial charge in [0.1, 0.15) is 11.9 Å². The maximum absolute atomic E-state index is 13.3. The van der Waals surface area contributed by atoms with E-state index < -0.39 is 6.04 Å². The zero-order chi connectivity index (χ0) is 20.2.